The van der Waals surface area contributed by atoms with Crippen LogP contribution in [0.1, 0.15) is 58.0 Å². The van der Waals surface area contributed by atoms with Crippen LogP contribution in [-0.2, 0) is 22.7 Å². The summed E-state index contributed by atoms with van der Waals surface area (Å²) < 4.78 is 1.84. The fourth-order valence-electron chi connectivity index (χ4n) is 2.49. The van der Waals surface area contributed by atoms with Gasteiger partial charge in [-0.25, -0.2) is 0 Å². The standard InChI is InChI=1S/C16H25N3O3/c1-5-13(20)12-9-11-10-18(7-6-8-19(11)17-12)15(22)14(21)16(2,3)4/h9,13,20H,5-8,10H2,1-4H3/t13-/m1/s1. The van der Waals surface area contributed by atoms with Gasteiger partial charge >= 0.3 is 0 Å². The van der Waals surface area contributed by atoms with Gasteiger partial charge in [0.25, 0.3) is 5.91 Å². The lowest BCUT2D eigenvalue weighted by Crippen LogP contribution is -2.41. The first-order valence-electron chi connectivity index (χ1n) is 7.82. The monoisotopic (exact) mass is 307 g/mol. The van der Waals surface area contributed by atoms with Gasteiger partial charge < -0.3 is 10.0 Å². The van der Waals surface area contributed by atoms with E-state index in [0.717, 1.165) is 12.1 Å². The lowest BCUT2D eigenvalue weighted by molar-refractivity contribution is -0.149. The van der Waals surface area contributed by atoms with Gasteiger partial charge in [0, 0.05) is 18.5 Å². The first kappa shape index (κ1) is 16.7. The van der Waals surface area contributed by atoms with E-state index < -0.39 is 17.4 Å². The molecule has 0 saturated heterocycles. The maximum Gasteiger partial charge on any atom is 0.290 e. The molecule has 2 heterocycles. The van der Waals surface area contributed by atoms with Crippen LogP contribution in [0.4, 0.5) is 0 Å². The number of carbonyl (C=O) groups excluding carboxylic acids is 2. The number of aryl methyl sites for hydroxylation is 1. The van der Waals surface area contributed by atoms with E-state index in [9.17, 15) is 14.7 Å². The van der Waals surface area contributed by atoms with E-state index in [0.29, 0.717) is 31.7 Å². The molecule has 2 rings (SSSR count). The van der Waals surface area contributed by atoms with E-state index in [-0.39, 0.29) is 5.78 Å². The van der Waals surface area contributed by atoms with Crippen LogP contribution in [-0.4, -0.2) is 38.0 Å². The van der Waals surface area contributed by atoms with Gasteiger partial charge in [0.15, 0.2) is 0 Å². The van der Waals surface area contributed by atoms with Crippen LogP contribution in [0, 0.1) is 5.41 Å². The van der Waals surface area contributed by atoms with E-state index in [2.05, 4.69) is 5.10 Å². The van der Waals surface area contributed by atoms with Gasteiger partial charge in [0.05, 0.1) is 24.0 Å². The van der Waals surface area contributed by atoms with Gasteiger partial charge in [0.2, 0.25) is 5.78 Å². The number of hydrogen-bond donors (Lipinski definition) is 1. The molecule has 0 spiro atoms. The Labute approximate surface area is 131 Å². The molecule has 122 valence electrons. The minimum absolute atomic E-state index is 0.365. The maximum absolute atomic E-state index is 12.4. The van der Waals surface area contributed by atoms with Gasteiger partial charge in [-0.2, -0.15) is 5.10 Å². The number of fused-ring (bicyclic) bond motifs is 1. The van der Waals surface area contributed by atoms with Crippen LogP contribution in [0.2, 0.25) is 0 Å². The SMILES string of the molecule is CC[C@@H](O)c1cc2n(n1)CCCN(C(=O)C(=O)C(C)(C)C)C2. The number of aliphatic hydroxyl groups is 1. The molecule has 1 aliphatic heterocycles. The van der Waals surface area contributed by atoms with Crippen LogP contribution in [0.5, 0.6) is 0 Å². The molecule has 1 aromatic heterocycles. The molecular formula is C16H25N3O3. The Bertz CT molecular complexity index is 572. The highest BCUT2D eigenvalue weighted by Gasteiger charge is 2.33. The summed E-state index contributed by atoms with van der Waals surface area (Å²) in [6, 6.07) is 1.83. The van der Waals surface area contributed by atoms with Crippen LogP contribution in [0.25, 0.3) is 0 Å². The van der Waals surface area contributed by atoms with Crippen molar-refractivity contribution < 1.29 is 14.7 Å². The third kappa shape index (κ3) is 3.38. The molecule has 0 bridgehead atoms. The van der Waals surface area contributed by atoms with Crippen molar-refractivity contribution >= 4 is 11.7 Å². The molecule has 22 heavy (non-hydrogen) atoms. The predicted octanol–water partition coefficient (Wildman–Crippen LogP) is 1.67. The van der Waals surface area contributed by atoms with Gasteiger partial charge in [0.1, 0.15) is 0 Å². The van der Waals surface area contributed by atoms with Crippen LogP contribution in [0.15, 0.2) is 6.07 Å². The number of amides is 1. The molecule has 0 aromatic carbocycles. The third-order valence-electron chi connectivity index (χ3n) is 3.92. The molecular weight excluding hydrogens is 282 g/mol. The quantitative estimate of drug-likeness (QED) is 0.862. The van der Waals surface area contributed by atoms with Crippen molar-refractivity contribution in [3.8, 4) is 0 Å². The number of aromatic nitrogens is 2. The largest absolute Gasteiger partial charge is 0.387 e. The molecule has 6 nitrogen and oxygen atoms in total. The zero-order chi connectivity index (χ0) is 16.5. The molecule has 0 aliphatic carbocycles. The van der Waals surface area contributed by atoms with Gasteiger partial charge in [-0.05, 0) is 18.9 Å². The average molecular weight is 307 g/mol. The normalized spacial score (nSPS) is 16.9. The minimum atomic E-state index is -0.673. The summed E-state index contributed by atoms with van der Waals surface area (Å²) in [6.45, 7) is 8.77. The summed E-state index contributed by atoms with van der Waals surface area (Å²) in [6.07, 6.45) is 0.765. The number of hydrogen-bond acceptors (Lipinski definition) is 4. The minimum Gasteiger partial charge on any atom is -0.387 e. The van der Waals surface area contributed by atoms with E-state index in [1.165, 1.54) is 0 Å². The van der Waals surface area contributed by atoms with Crippen molar-refractivity contribution in [2.75, 3.05) is 6.54 Å². The molecule has 0 saturated carbocycles. The van der Waals surface area contributed by atoms with Crippen molar-refractivity contribution in [2.45, 2.75) is 59.7 Å². The molecule has 0 radical (unpaired) electrons. The molecule has 0 fully saturated rings. The highest BCUT2D eigenvalue weighted by atomic mass is 16.3. The zero-order valence-corrected chi connectivity index (χ0v) is 13.8. The second-order valence-corrected chi connectivity index (χ2v) is 6.87. The lowest BCUT2D eigenvalue weighted by atomic mass is 9.90. The third-order valence-corrected chi connectivity index (χ3v) is 3.92. The topological polar surface area (TPSA) is 75.4 Å². The van der Waals surface area contributed by atoms with Crippen molar-refractivity contribution in [1.82, 2.24) is 14.7 Å². The lowest BCUT2D eigenvalue weighted by Gasteiger charge is -2.23. The van der Waals surface area contributed by atoms with Crippen molar-refractivity contribution in [3.63, 3.8) is 0 Å². The summed E-state index contributed by atoms with van der Waals surface area (Å²) in [5, 5.41) is 14.3. The van der Waals surface area contributed by atoms with Crippen LogP contribution in [0.3, 0.4) is 0 Å². The molecule has 1 aliphatic rings. The Morgan fingerprint density at radius 3 is 2.64 bits per heavy atom. The number of carbonyl (C=O) groups is 2. The zero-order valence-electron chi connectivity index (χ0n) is 13.8. The van der Waals surface area contributed by atoms with Crippen molar-refractivity contribution in [2.24, 2.45) is 5.41 Å². The van der Waals surface area contributed by atoms with Crippen LogP contribution < -0.4 is 0 Å². The second-order valence-electron chi connectivity index (χ2n) is 6.87. The number of aliphatic hydroxyl groups excluding tert-OH is 1. The molecule has 1 amide bonds. The van der Waals surface area contributed by atoms with E-state index in [4.69, 9.17) is 0 Å². The van der Waals surface area contributed by atoms with Crippen molar-refractivity contribution in [1.29, 1.82) is 0 Å². The number of nitrogens with zero attached hydrogens (tertiary/aromatic N) is 3. The summed E-state index contributed by atoms with van der Waals surface area (Å²) in [4.78, 5) is 26.2. The fraction of sp³-hybridized carbons (Fsp3) is 0.688. The first-order chi connectivity index (χ1) is 10.2. The second kappa shape index (κ2) is 6.20. The van der Waals surface area contributed by atoms with Crippen LogP contribution >= 0.6 is 0 Å². The summed E-state index contributed by atoms with van der Waals surface area (Å²) >= 11 is 0. The summed E-state index contributed by atoms with van der Waals surface area (Å²) in [5.41, 5.74) is 0.830. The summed E-state index contributed by atoms with van der Waals surface area (Å²) in [7, 11) is 0. The molecule has 1 aromatic rings. The molecule has 1 atom stereocenters. The smallest absolute Gasteiger partial charge is 0.290 e. The molecule has 6 heteroatoms. The highest BCUT2D eigenvalue weighted by Crippen LogP contribution is 2.22. The van der Waals surface area contributed by atoms with E-state index in [1.807, 2.05) is 17.7 Å². The Kier molecular flexibility index (Phi) is 4.70. The predicted molar refractivity (Wildman–Crippen MR) is 82.0 cm³/mol. The Morgan fingerprint density at radius 2 is 2.05 bits per heavy atom. The number of rotatable bonds is 3. The first-order valence-corrected chi connectivity index (χ1v) is 7.82. The van der Waals surface area contributed by atoms with Gasteiger partial charge in [-0.15, -0.1) is 0 Å². The Balaban J connectivity index is 2.20. The fourth-order valence-corrected chi connectivity index (χ4v) is 2.49. The number of ketones is 1. The maximum atomic E-state index is 12.4. The van der Waals surface area contributed by atoms with Gasteiger partial charge in [-0.1, -0.05) is 27.7 Å². The molecule has 1 N–H and O–H groups in total. The van der Waals surface area contributed by atoms with Crippen molar-refractivity contribution in [3.05, 3.63) is 17.5 Å². The number of Topliss-reactive ketones (excluding diaryl/α,β-unsaturated/α-hetero) is 1. The Morgan fingerprint density at radius 1 is 1.36 bits per heavy atom. The summed E-state index contributed by atoms with van der Waals surface area (Å²) in [5.74, 6) is -0.797. The highest BCUT2D eigenvalue weighted by molar-refractivity contribution is 6.37. The Hall–Kier alpha value is -1.69. The van der Waals surface area contributed by atoms with E-state index in [1.54, 1.807) is 25.7 Å². The van der Waals surface area contributed by atoms with E-state index >= 15 is 0 Å². The molecule has 0 unspecified atom stereocenters. The average Bonchev–Trinajstić information content (AvgIpc) is 2.75. The van der Waals surface area contributed by atoms with Gasteiger partial charge in [-0.3, -0.25) is 14.3 Å².